The third-order valence-corrected chi connectivity index (χ3v) is 7.56. The molecule has 2 aromatic heterocycles. The molecule has 1 unspecified atom stereocenters. The van der Waals surface area contributed by atoms with Gasteiger partial charge in [-0.15, -0.1) is 5.10 Å². The van der Waals surface area contributed by atoms with Crippen molar-refractivity contribution in [3.8, 4) is 22.5 Å². The highest BCUT2D eigenvalue weighted by atomic mass is 15.1. The highest BCUT2D eigenvalue weighted by Gasteiger charge is 2.24. The molecule has 0 saturated carbocycles. The number of anilines is 1. The van der Waals surface area contributed by atoms with Crippen molar-refractivity contribution in [2.75, 3.05) is 18.4 Å². The maximum Gasteiger partial charge on any atom is 0.223 e. The van der Waals surface area contributed by atoms with Gasteiger partial charge < -0.3 is 10.6 Å². The standard InChI is InChI=1S/C32H32N6/c1-21-29(28-16-19-34-32(36-28)35-22(2)23-8-4-3-5-9-23)31(38-37-30(21)25-14-17-33-18-15-25)27-13-12-24-10-6-7-11-26(24)20-27/h3-13,16,19-20,22,25,33H,14-15,17-18H2,1-2H3,(H,34,35,36). The second kappa shape index (κ2) is 10.7. The number of fused-ring (bicyclic) bond motifs is 1. The summed E-state index contributed by atoms with van der Waals surface area (Å²) in [7, 11) is 0. The summed E-state index contributed by atoms with van der Waals surface area (Å²) in [5, 5.41) is 19.0. The van der Waals surface area contributed by atoms with E-state index in [9.17, 15) is 0 Å². The summed E-state index contributed by atoms with van der Waals surface area (Å²) in [6.45, 7) is 6.31. The fourth-order valence-corrected chi connectivity index (χ4v) is 5.46. The number of nitrogens with zero attached hydrogens (tertiary/aromatic N) is 4. The molecule has 6 nitrogen and oxygen atoms in total. The average molecular weight is 501 g/mol. The minimum Gasteiger partial charge on any atom is -0.348 e. The van der Waals surface area contributed by atoms with Crippen LogP contribution in [-0.2, 0) is 0 Å². The summed E-state index contributed by atoms with van der Waals surface area (Å²) in [5.74, 6) is 0.994. The third kappa shape index (κ3) is 4.87. The number of hydrogen-bond donors (Lipinski definition) is 2. The summed E-state index contributed by atoms with van der Waals surface area (Å²) in [4.78, 5) is 9.55. The zero-order valence-corrected chi connectivity index (χ0v) is 21.9. The molecule has 1 saturated heterocycles. The van der Waals surface area contributed by atoms with E-state index in [1.165, 1.54) is 16.3 Å². The minimum absolute atomic E-state index is 0.0772. The molecule has 3 aromatic carbocycles. The molecule has 6 rings (SSSR count). The van der Waals surface area contributed by atoms with E-state index >= 15 is 0 Å². The van der Waals surface area contributed by atoms with Gasteiger partial charge in [-0.25, -0.2) is 9.97 Å². The zero-order valence-electron chi connectivity index (χ0n) is 21.9. The van der Waals surface area contributed by atoms with Gasteiger partial charge in [0.25, 0.3) is 0 Å². The van der Waals surface area contributed by atoms with Crippen LogP contribution < -0.4 is 10.6 Å². The van der Waals surface area contributed by atoms with Crippen molar-refractivity contribution in [2.24, 2.45) is 0 Å². The minimum atomic E-state index is 0.0772. The Balaban J connectivity index is 1.45. The maximum absolute atomic E-state index is 5.00. The van der Waals surface area contributed by atoms with Gasteiger partial charge in [0.15, 0.2) is 0 Å². The normalized spacial score (nSPS) is 14.9. The van der Waals surface area contributed by atoms with Gasteiger partial charge in [-0.2, -0.15) is 5.10 Å². The molecule has 0 radical (unpaired) electrons. The molecule has 1 aliphatic heterocycles. The Bertz CT molecular complexity index is 1560. The topological polar surface area (TPSA) is 75.6 Å². The Kier molecular flexibility index (Phi) is 6.80. The van der Waals surface area contributed by atoms with Gasteiger partial charge in [-0.1, -0.05) is 66.7 Å². The summed E-state index contributed by atoms with van der Waals surface area (Å²) >= 11 is 0. The SMILES string of the molecule is Cc1c(C2CCNCC2)nnc(-c2ccc3ccccc3c2)c1-c1ccnc(NC(C)c2ccccc2)n1. The van der Waals surface area contributed by atoms with Crippen LogP contribution in [0.25, 0.3) is 33.3 Å². The first-order chi connectivity index (χ1) is 18.7. The van der Waals surface area contributed by atoms with Crippen molar-refractivity contribution < 1.29 is 0 Å². The summed E-state index contributed by atoms with van der Waals surface area (Å²) in [6.07, 6.45) is 3.96. The summed E-state index contributed by atoms with van der Waals surface area (Å²) < 4.78 is 0. The molecule has 0 aliphatic carbocycles. The highest BCUT2D eigenvalue weighted by molar-refractivity contribution is 5.90. The Labute approximate surface area is 223 Å². The number of benzene rings is 3. The van der Waals surface area contributed by atoms with Crippen molar-refractivity contribution in [3.63, 3.8) is 0 Å². The maximum atomic E-state index is 5.00. The number of aromatic nitrogens is 4. The second-order valence-electron chi connectivity index (χ2n) is 10.1. The molecular formula is C32H32N6. The Morgan fingerprint density at radius 2 is 1.63 bits per heavy atom. The van der Waals surface area contributed by atoms with Crippen LogP contribution in [0.2, 0.25) is 0 Å². The van der Waals surface area contributed by atoms with Gasteiger partial charge in [0.05, 0.1) is 17.4 Å². The first kappa shape index (κ1) is 24.2. The Hall–Kier alpha value is -4.16. The fourth-order valence-electron chi connectivity index (χ4n) is 5.46. The first-order valence-electron chi connectivity index (χ1n) is 13.4. The molecule has 190 valence electrons. The predicted molar refractivity (Wildman–Crippen MR) is 154 cm³/mol. The highest BCUT2D eigenvalue weighted by Crippen LogP contribution is 2.38. The largest absolute Gasteiger partial charge is 0.348 e. The third-order valence-electron chi connectivity index (χ3n) is 7.56. The molecule has 5 aromatic rings. The van der Waals surface area contributed by atoms with Crippen LogP contribution in [0.4, 0.5) is 5.95 Å². The number of hydrogen-bond acceptors (Lipinski definition) is 6. The van der Waals surface area contributed by atoms with Crippen LogP contribution in [0.15, 0.2) is 85.1 Å². The fraction of sp³-hybridized carbons (Fsp3) is 0.250. The lowest BCUT2D eigenvalue weighted by Crippen LogP contribution is -2.27. The van der Waals surface area contributed by atoms with E-state index in [1.54, 1.807) is 0 Å². The molecule has 38 heavy (non-hydrogen) atoms. The van der Waals surface area contributed by atoms with E-state index < -0.39 is 0 Å². The van der Waals surface area contributed by atoms with Crippen molar-refractivity contribution in [1.29, 1.82) is 0 Å². The van der Waals surface area contributed by atoms with Crippen LogP contribution in [0, 0.1) is 6.92 Å². The lowest BCUT2D eigenvalue weighted by atomic mass is 9.88. The first-order valence-corrected chi connectivity index (χ1v) is 13.4. The quantitative estimate of drug-likeness (QED) is 0.270. The van der Waals surface area contributed by atoms with Crippen molar-refractivity contribution in [3.05, 3.63) is 102 Å². The Morgan fingerprint density at radius 3 is 2.45 bits per heavy atom. The second-order valence-corrected chi connectivity index (χ2v) is 10.1. The van der Waals surface area contributed by atoms with Crippen LogP contribution in [-0.4, -0.2) is 33.3 Å². The van der Waals surface area contributed by atoms with E-state index in [2.05, 4.69) is 96.2 Å². The van der Waals surface area contributed by atoms with Gasteiger partial charge in [-0.3, -0.25) is 0 Å². The van der Waals surface area contributed by atoms with Gasteiger partial charge in [0.2, 0.25) is 5.95 Å². The molecular weight excluding hydrogens is 468 g/mol. The number of piperidine rings is 1. The van der Waals surface area contributed by atoms with Gasteiger partial charge in [0, 0.05) is 23.2 Å². The average Bonchev–Trinajstić information content (AvgIpc) is 2.97. The van der Waals surface area contributed by atoms with Gasteiger partial charge in [0.1, 0.15) is 5.69 Å². The van der Waals surface area contributed by atoms with Crippen LogP contribution >= 0.6 is 0 Å². The molecule has 1 atom stereocenters. The lowest BCUT2D eigenvalue weighted by Gasteiger charge is -2.25. The van der Waals surface area contributed by atoms with E-state index in [1.807, 2.05) is 18.3 Å². The predicted octanol–water partition coefficient (Wildman–Crippen LogP) is 6.70. The Morgan fingerprint density at radius 1 is 0.868 bits per heavy atom. The molecule has 2 N–H and O–H groups in total. The molecule has 0 spiro atoms. The van der Waals surface area contributed by atoms with E-state index in [0.29, 0.717) is 11.9 Å². The van der Waals surface area contributed by atoms with Crippen molar-refractivity contribution in [1.82, 2.24) is 25.5 Å². The molecule has 6 heteroatoms. The molecule has 3 heterocycles. The van der Waals surface area contributed by atoms with Crippen LogP contribution in [0.5, 0.6) is 0 Å². The molecule has 0 bridgehead atoms. The van der Waals surface area contributed by atoms with E-state index in [0.717, 1.165) is 59.7 Å². The van der Waals surface area contributed by atoms with Crippen molar-refractivity contribution >= 4 is 16.7 Å². The molecule has 0 amide bonds. The zero-order chi connectivity index (χ0) is 25.9. The van der Waals surface area contributed by atoms with Crippen molar-refractivity contribution in [2.45, 2.75) is 38.6 Å². The number of nitrogens with one attached hydrogen (secondary N) is 2. The smallest absolute Gasteiger partial charge is 0.223 e. The number of rotatable bonds is 6. The van der Waals surface area contributed by atoms with E-state index in [-0.39, 0.29) is 6.04 Å². The lowest BCUT2D eigenvalue weighted by molar-refractivity contribution is 0.449. The van der Waals surface area contributed by atoms with Crippen LogP contribution in [0.1, 0.15) is 48.5 Å². The van der Waals surface area contributed by atoms with Gasteiger partial charge in [-0.05, 0) is 73.8 Å². The van der Waals surface area contributed by atoms with Gasteiger partial charge >= 0.3 is 0 Å². The molecule has 1 aliphatic rings. The summed E-state index contributed by atoms with van der Waals surface area (Å²) in [5.41, 5.74) is 7.19. The van der Waals surface area contributed by atoms with Crippen LogP contribution in [0.3, 0.4) is 0 Å². The van der Waals surface area contributed by atoms with E-state index in [4.69, 9.17) is 15.2 Å². The molecule has 1 fully saturated rings. The summed E-state index contributed by atoms with van der Waals surface area (Å²) in [6, 6.07) is 27.3. The monoisotopic (exact) mass is 500 g/mol.